The molecule has 2 aliphatic heterocycles. The Morgan fingerprint density at radius 1 is 1.22 bits per heavy atom. The molecule has 3 heterocycles. The van der Waals surface area contributed by atoms with Crippen LogP contribution in [0.2, 0.25) is 0 Å². The molecule has 3 aliphatic rings. The predicted octanol–water partition coefficient (Wildman–Crippen LogP) is 4.51. The van der Waals surface area contributed by atoms with Crippen molar-refractivity contribution in [3.63, 3.8) is 0 Å². The molecule has 0 bridgehead atoms. The summed E-state index contributed by atoms with van der Waals surface area (Å²) < 4.78 is 16.1. The Morgan fingerprint density at radius 3 is 2.51 bits per heavy atom. The van der Waals surface area contributed by atoms with Crippen LogP contribution in [-0.4, -0.2) is 64.0 Å². The van der Waals surface area contributed by atoms with E-state index in [9.17, 15) is 9.90 Å². The first-order chi connectivity index (χ1) is 16.7. The van der Waals surface area contributed by atoms with E-state index in [1.165, 1.54) is 12.4 Å². The van der Waals surface area contributed by atoms with Gasteiger partial charge in [0.15, 0.2) is 0 Å². The number of aliphatic hydroxyl groups is 1. The van der Waals surface area contributed by atoms with Crippen molar-refractivity contribution < 1.29 is 14.3 Å². The lowest BCUT2D eigenvalue weighted by Crippen LogP contribution is -2.64. The summed E-state index contributed by atoms with van der Waals surface area (Å²) in [5, 5.41) is 14.0. The molecule has 0 amide bonds. The standard InChI is InChI=1S/C26H33BrFN5O2.2ClH/c1-16-12-20(35)23-22(16)24(30-15-29-23)32-8-10-33(11-9-32)26(14-34,21-6-7-25(2,3)31-21)18-5-4-17(27)13-19(18)28;;/h4-5,13-16,20-21,31,35H,6-12H2,1-3H3;2*1H/t16-,20-,21-,26+;;/m1../s1. The Labute approximate surface area is 238 Å². The normalized spacial score (nSPS) is 26.5. The van der Waals surface area contributed by atoms with E-state index >= 15 is 4.39 Å². The molecule has 2 fully saturated rings. The van der Waals surface area contributed by atoms with Crippen LogP contribution in [0.5, 0.6) is 0 Å². The number of aliphatic hydroxyl groups excluding tert-OH is 1. The van der Waals surface area contributed by atoms with Crippen molar-refractivity contribution in [3.8, 4) is 0 Å². The van der Waals surface area contributed by atoms with Crippen LogP contribution in [0.3, 0.4) is 0 Å². The number of nitrogens with one attached hydrogen (secondary N) is 1. The first kappa shape index (κ1) is 30.2. The number of nitrogens with zero attached hydrogens (tertiary/aromatic N) is 4. The topological polar surface area (TPSA) is 81.6 Å². The fourth-order valence-electron chi connectivity index (χ4n) is 6.31. The molecule has 2 aromatic rings. The second kappa shape index (κ2) is 11.4. The van der Waals surface area contributed by atoms with Crippen molar-refractivity contribution >= 4 is 52.8 Å². The fourth-order valence-corrected chi connectivity index (χ4v) is 6.64. The van der Waals surface area contributed by atoms with E-state index < -0.39 is 11.6 Å². The SMILES string of the molecule is C[C@@H]1C[C@@H](O)c2ncnc(N3CCN([C@@](C=O)(c4ccc(Br)cc4F)[C@H]4CCC(C)(C)N4)CC3)c21.Cl.Cl. The molecule has 2 saturated heterocycles. The van der Waals surface area contributed by atoms with Crippen LogP contribution in [0.1, 0.15) is 68.9 Å². The molecular formula is C26H35BrCl2FN5O2. The fraction of sp³-hybridized carbons (Fsp3) is 0.577. The summed E-state index contributed by atoms with van der Waals surface area (Å²) in [4.78, 5) is 26.3. The van der Waals surface area contributed by atoms with Gasteiger partial charge in [0.25, 0.3) is 0 Å². The van der Waals surface area contributed by atoms with Gasteiger partial charge in [-0.1, -0.05) is 28.9 Å². The van der Waals surface area contributed by atoms with Crippen LogP contribution >= 0.6 is 40.7 Å². The molecule has 4 atom stereocenters. The molecule has 37 heavy (non-hydrogen) atoms. The largest absolute Gasteiger partial charge is 0.387 e. The van der Waals surface area contributed by atoms with Gasteiger partial charge in [-0.2, -0.15) is 0 Å². The Morgan fingerprint density at radius 2 is 1.92 bits per heavy atom. The van der Waals surface area contributed by atoms with Crippen molar-refractivity contribution in [2.24, 2.45) is 0 Å². The van der Waals surface area contributed by atoms with E-state index in [1.54, 1.807) is 6.07 Å². The summed E-state index contributed by atoms with van der Waals surface area (Å²) in [6, 6.07) is 4.80. The van der Waals surface area contributed by atoms with E-state index in [0.29, 0.717) is 42.6 Å². The van der Waals surface area contributed by atoms with Gasteiger partial charge in [0.2, 0.25) is 0 Å². The highest BCUT2D eigenvalue weighted by Gasteiger charge is 2.51. The van der Waals surface area contributed by atoms with Crippen LogP contribution in [0.25, 0.3) is 0 Å². The lowest BCUT2D eigenvalue weighted by atomic mass is 9.80. The molecule has 2 N–H and O–H groups in total. The molecule has 1 aromatic carbocycles. The first-order valence-corrected chi connectivity index (χ1v) is 13.2. The molecule has 204 valence electrons. The number of carbonyl (C=O) groups is 1. The number of halogens is 4. The zero-order valence-corrected chi connectivity index (χ0v) is 24.5. The monoisotopic (exact) mass is 617 g/mol. The highest BCUT2D eigenvalue weighted by Crippen LogP contribution is 2.44. The van der Waals surface area contributed by atoms with E-state index in [-0.39, 0.29) is 48.1 Å². The number of aldehydes is 1. The second-order valence-electron chi connectivity index (χ2n) is 10.8. The van der Waals surface area contributed by atoms with Crippen molar-refractivity contribution in [2.75, 3.05) is 31.1 Å². The van der Waals surface area contributed by atoms with Crippen molar-refractivity contribution in [1.29, 1.82) is 0 Å². The molecule has 0 unspecified atom stereocenters. The molecule has 0 radical (unpaired) electrons. The summed E-state index contributed by atoms with van der Waals surface area (Å²) in [5.41, 5.74) is 0.932. The van der Waals surface area contributed by atoms with Crippen LogP contribution in [0, 0.1) is 5.82 Å². The van der Waals surface area contributed by atoms with Crippen LogP contribution in [0.4, 0.5) is 10.2 Å². The minimum atomic E-state index is -1.11. The van der Waals surface area contributed by atoms with Crippen molar-refractivity contribution in [2.45, 2.75) is 69.2 Å². The quantitative estimate of drug-likeness (QED) is 0.477. The lowest BCUT2D eigenvalue weighted by molar-refractivity contribution is -0.122. The predicted molar refractivity (Wildman–Crippen MR) is 150 cm³/mol. The zero-order chi connectivity index (χ0) is 25.0. The third kappa shape index (κ3) is 5.28. The highest BCUT2D eigenvalue weighted by atomic mass is 79.9. The minimum absolute atomic E-state index is 0. The van der Waals surface area contributed by atoms with Crippen molar-refractivity contribution in [1.82, 2.24) is 20.2 Å². The molecular weight excluding hydrogens is 584 g/mol. The number of carbonyl (C=O) groups excluding carboxylic acids is 1. The molecule has 1 aliphatic carbocycles. The number of rotatable bonds is 5. The third-order valence-electron chi connectivity index (χ3n) is 8.08. The number of piperazine rings is 1. The smallest absolute Gasteiger partial charge is 0.146 e. The van der Waals surface area contributed by atoms with Gasteiger partial charge in [-0.05, 0) is 51.2 Å². The van der Waals surface area contributed by atoms with Gasteiger partial charge < -0.3 is 20.1 Å². The van der Waals surface area contributed by atoms with Gasteiger partial charge in [0.1, 0.15) is 29.8 Å². The lowest BCUT2D eigenvalue weighted by Gasteiger charge is -2.49. The molecule has 0 spiro atoms. The number of aromatic nitrogens is 2. The van der Waals surface area contributed by atoms with Crippen LogP contribution in [-0.2, 0) is 10.3 Å². The maximum atomic E-state index is 15.4. The van der Waals surface area contributed by atoms with E-state index in [0.717, 1.165) is 36.2 Å². The van der Waals surface area contributed by atoms with Gasteiger partial charge in [-0.3, -0.25) is 4.90 Å². The summed E-state index contributed by atoms with van der Waals surface area (Å²) in [6.07, 6.45) is 4.28. The van der Waals surface area contributed by atoms with Gasteiger partial charge in [0.05, 0.1) is 11.8 Å². The minimum Gasteiger partial charge on any atom is -0.387 e. The van der Waals surface area contributed by atoms with Crippen LogP contribution < -0.4 is 10.2 Å². The summed E-state index contributed by atoms with van der Waals surface area (Å²) >= 11 is 3.36. The second-order valence-corrected chi connectivity index (χ2v) is 11.7. The number of hydrogen-bond donors (Lipinski definition) is 2. The molecule has 1 aromatic heterocycles. The third-order valence-corrected chi connectivity index (χ3v) is 8.57. The van der Waals surface area contributed by atoms with Gasteiger partial charge in [0, 0.05) is 53.4 Å². The zero-order valence-electron chi connectivity index (χ0n) is 21.3. The summed E-state index contributed by atoms with van der Waals surface area (Å²) in [5.74, 6) is 0.673. The van der Waals surface area contributed by atoms with E-state index in [2.05, 4.69) is 61.8 Å². The average molecular weight is 619 g/mol. The molecule has 11 heteroatoms. The molecule has 0 saturated carbocycles. The maximum absolute atomic E-state index is 15.4. The Balaban J connectivity index is 0.00000190. The van der Waals surface area contributed by atoms with Crippen molar-refractivity contribution in [3.05, 3.63) is 51.6 Å². The number of fused-ring (bicyclic) bond motifs is 1. The maximum Gasteiger partial charge on any atom is 0.146 e. The average Bonchev–Trinajstić information content (AvgIpc) is 3.34. The van der Waals surface area contributed by atoms with E-state index in [1.807, 2.05) is 6.07 Å². The number of anilines is 1. The summed E-state index contributed by atoms with van der Waals surface area (Å²) in [6.45, 7) is 8.82. The van der Waals surface area contributed by atoms with Gasteiger partial charge >= 0.3 is 0 Å². The van der Waals surface area contributed by atoms with Gasteiger partial charge in [-0.25, -0.2) is 14.4 Å². The van der Waals surface area contributed by atoms with Gasteiger partial charge in [-0.15, -0.1) is 24.8 Å². The Hall–Kier alpha value is -1.36. The highest BCUT2D eigenvalue weighted by molar-refractivity contribution is 9.10. The van der Waals surface area contributed by atoms with E-state index in [4.69, 9.17) is 0 Å². The number of benzene rings is 1. The molecule has 5 rings (SSSR count). The Kier molecular flexibility index (Phi) is 9.30. The number of hydrogen-bond acceptors (Lipinski definition) is 7. The summed E-state index contributed by atoms with van der Waals surface area (Å²) in [7, 11) is 0. The van der Waals surface area contributed by atoms with Crippen LogP contribution in [0.15, 0.2) is 29.0 Å². The Bertz CT molecular complexity index is 1130. The first-order valence-electron chi connectivity index (χ1n) is 12.4. The molecule has 7 nitrogen and oxygen atoms in total.